The number of hydrogen-bond donors (Lipinski definition) is 1. The van der Waals surface area contributed by atoms with Crippen LogP contribution in [0.15, 0.2) is 18.2 Å². The normalized spacial score (nSPS) is 11.7. The molecule has 1 aromatic carbocycles. The van der Waals surface area contributed by atoms with Gasteiger partial charge in [0.15, 0.2) is 5.13 Å². The van der Waals surface area contributed by atoms with Crippen molar-refractivity contribution in [3.63, 3.8) is 0 Å². The topological polar surface area (TPSA) is 65.2 Å². The molecule has 1 aromatic heterocycles. The molecule has 0 spiro atoms. The molecule has 0 aliphatic carbocycles. The van der Waals surface area contributed by atoms with Crippen molar-refractivity contribution < 1.29 is 9.53 Å². The highest BCUT2D eigenvalue weighted by Crippen LogP contribution is 2.27. The lowest BCUT2D eigenvalue weighted by Gasteiger charge is -2.19. The summed E-state index contributed by atoms with van der Waals surface area (Å²) in [6, 6.07) is 5.39. The molecule has 0 atom stereocenters. The van der Waals surface area contributed by atoms with E-state index in [0.29, 0.717) is 16.2 Å². The van der Waals surface area contributed by atoms with Crippen molar-refractivity contribution >= 4 is 32.7 Å². The van der Waals surface area contributed by atoms with Gasteiger partial charge in [0.2, 0.25) is 0 Å². The Balaban J connectivity index is 2.45. The van der Waals surface area contributed by atoms with Gasteiger partial charge >= 0.3 is 5.97 Å². The first kappa shape index (κ1) is 11.9. The zero-order chi connectivity index (χ0) is 12.6. The molecule has 0 saturated carbocycles. The standard InChI is InChI=1S/C12H14N2O2S/c1-12(2,3)16-10(15)7-5-4-6-8-9(7)14-11(13)17-8/h4-6H,1-3H3,(H2,13,14). The van der Waals surface area contributed by atoms with Crippen molar-refractivity contribution in [2.24, 2.45) is 0 Å². The SMILES string of the molecule is CC(C)(C)OC(=O)c1cccc2sc(N)nc12. The Morgan fingerprint density at radius 3 is 2.76 bits per heavy atom. The minimum Gasteiger partial charge on any atom is -0.456 e. The Bertz CT molecular complexity index is 569. The van der Waals surface area contributed by atoms with Crippen LogP contribution in [0.5, 0.6) is 0 Å². The summed E-state index contributed by atoms with van der Waals surface area (Å²) >= 11 is 1.36. The fourth-order valence-corrected chi connectivity index (χ4v) is 2.22. The van der Waals surface area contributed by atoms with Gasteiger partial charge in [0, 0.05) is 0 Å². The first-order valence-electron chi connectivity index (χ1n) is 5.25. The molecule has 0 fully saturated rings. The second-order valence-electron chi connectivity index (χ2n) is 4.71. The van der Waals surface area contributed by atoms with Gasteiger partial charge in [-0.1, -0.05) is 17.4 Å². The van der Waals surface area contributed by atoms with Gasteiger partial charge < -0.3 is 10.5 Å². The zero-order valence-electron chi connectivity index (χ0n) is 9.98. The van der Waals surface area contributed by atoms with Gasteiger partial charge in [0.25, 0.3) is 0 Å². The molecule has 0 aliphatic rings. The first-order valence-corrected chi connectivity index (χ1v) is 6.07. The molecule has 2 N–H and O–H groups in total. The quantitative estimate of drug-likeness (QED) is 0.790. The first-order chi connectivity index (χ1) is 7.87. The lowest BCUT2D eigenvalue weighted by atomic mass is 10.1. The molecule has 0 bridgehead atoms. The number of thiazole rings is 1. The van der Waals surface area contributed by atoms with E-state index in [1.807, 2.05) is 26.8 Å². The molecule has 0 aliphatic heterocycles. The van der Waals surface area contributed by atoms with Crippen molar-refractivity contribution in [1.82, 2.24) is 4.98 Å². The molecule has 17 heavy (non-hydrogen) atoms. The smallest absolute Gasteiger partial charge is 0.340 e. The van der Waals surface area contributed by atoms with Crippen molar-refractivity contribution in [2.75, 3.05) is 5.73 Å². The van der Waals surface area contributed by atoms with Gasteiger partial charge in [0.1, 0.15) is 5.60 Å². The van der Waals surface area contributed by atoms with Crippen LogP contribution in [0.25, 0.3) is 10.2 Å². The van der Waals surface area contributed by atoms with Crippen molar-refractivity contribution in [3.05, 3.63) is 23.8 Å². The van der Waals surface area contributed by atoms with Crippen LogP contribution in [0.3, 0.4) is 0 Å². The van der Waals surface area contributed by atoms with E-state index in [1.54, 1.807) is 12.1 Å². The lowest BCUT2D eigenvalue weighted by molar-refractivity contribution is 0.00717. The van der Waals surface area contributed by atoms with Crippen LogP contribution in [-0.2, 0) is 4.74 Å². The summed E-state index contributed by atoms with van der Waals surface area (Å²) in [5.74, 6) is -0.367. The number of rotatable bonds is 1. The second-order valence-corrected chi connectivity index (χ2v) is 5.77. The molecule has 0 saturated heterocycles. The number of hydrogen-bond acceptors (Lipinski definition) is 5. The molecule has 5 heteroatoms. The van der Waals surface area contributed by atoms with E-state index in [2.05, 4.69) is 4.98 Å². The number of nitrogen functional groups attached to an aromatic ring is 1. The maximum Gasteiger partial charge on any atom is 0.340 e. The Hall–Kier alpha value is -1.62. The van der Waals surface area contributed by atoms with E-state index in [4.69, 9.17) is 10.5 Å². The Kier molecular flexibility index (Phi) is 2.79. The summed E-state index contributed by atoms with van der Waals surface area (Å²) in [5, 5.41) is 0.455. The predicted molar refractivity (Wildman–Crippen MR) is 69.2 cm³/mol. The maximum atomic E-state index is 12.0. The molecule has 90 valence electrons. The monoisotopic (exact) mass is 250 g/mol. The maximum absolute atomic E-state index is 12.0. The number of benzene rings is 1. The Morgan fingerprint density at radius 2 is 2.12 bits per heavy atom. The van der Waals surface area contributed by atoms with Gasteiger partial charge in [-0.3, -0.25) is 0 Å². The van der Waals surface area contributed by atoms with Gasteiger partial charge in [-0.05, 0) is 32.9 Å². The number of aromatic nitrogens is 1. The number of ether oxygens (including phenoxy) is 1. The molecule has 2 rings (SSSR count). The fraction of sp³-hybridized carbons (Fsp3) is 0.333. The highest BCUT2D eigenvalue weighted by Gasteiger charge is 2.20. The van der Waals surface area contributed by atoms with Crippen LogP contribution < -0.4 is 5.73 Å². The summed E-state index contributed by atoms with van der Waals surface area (Å²) in [6.45, 7) is 5.50. The van der Waals surface area contributed by atoms with Gasteiger partial charge in [-0.2, -0.15) is 0 Å². The summed E-state index contributed by atoms with van der Waals surface area (Å²) < 4.78 is 6.22. The molecule has 4 nitrogen and oxygen atoms in total. The summed E-state index contributed by atoms with van der Waals surface area (Å²) in [5.41, 5.74) is 6.21. The van der Waals surface area contributed by atoms with Gasteiger partial charge in [-0.25, -0.2) is 9.78 Å². The fourth-order valence-electron chi connectivity index (χ4n) is 1.46. The average molecular weight is 250 g/mol. The number of nitrogens with two attached hydrogens (primary N) is 1. The number of fused-ring (bicyclic) bond motifs is 1. The predicted octanol–water partition coefficient (Wildman–Crippen LogP) is 2.83. The van der Waals surface area contributed by atoms with Crippen LogP contribution in [0.4, 0.5) is 5.13 Å². The number of esters is 1. The number of anilines is 1. The number of para-hydroxylation sites is 1. The van der Waals surface area contributed by atoms with Crippen LogP contribution >= 0.6 is 11.3 Å². The van der Waals surface area contributed by atoms with Crippen LogP contribution in [0.2, 0.25) is 0 Å². The third-order valence-electron chi connectivity index (χ3n) is 2.05. The van der Waals surface area contributed by atoms with Crippen LogP contribution in [-0.4, -0.2) is 16.6 Å². The summed E-state index contributed by atoms with van der Waals surface area (Å²) in [7, 11) is 0. The molecular formula is C12H14N2O2S. The van der Waals surface area contributed by atoms with E-state index < -0.39 is 5.60 Å². The minimum absolute atomic E-state index is 0.367. The third-order valence-corrected chi connectivity index (χ3v) is 2.90. The summed E-state index contributed by atoms with van der Waals surface area (Å²) in [4.78, 5) is 16.1. The molecule has 0 amide bonds. The van der Waals surface area contributed by atoms with Crippen molar-refractivity contribution in [1.29, 1.82) is 0 Å². The third kappa shape index (κ3) is 2.55. The molecule has 1 heterocycles. The van der Waals surface area contributed by atoms with Gasteiger partial charge in [0.05, 0.1) is 15.8 Å². The van der Waals surface area contributed by atoms with E-state index in [-0.39, 0.29) is 5.97 Å². The molecule has 0 radical (unpaired) electrons. The van der Waals surface area contributed by atoms with E-state index in [1.165, 1.54) is 11.3 Å². The van der Waals surface area contributed by atoms with Crippen LogP contribution in [0.1, 0.15) is 31.1 Å². The van der Waals surface area contributed by atoms with E-state index in [9.17, 15) is 4.79 Å². The number of carbonyl (C=O) groups excluding carboxylic acids is 1. The minimum atomic E-state index is -0.513. The highest BCUT2D eigenvalue weighted by atomic mass is 32.1. The zero-order valence-corrected chi connectivity index (χ0v) is 10.8. The average Bonchev–Trinajstić information content (AvgIpc) is 2.54. The van der Waals surface area contributed by atoms with E-state index in [0.717, 1.165) is 4.70 Å². The van der Waals surface area contributed by atoms with Crippen LogP contribution in [0, 0.1) is 0 Å². The highest BCUT2D eigenvalue weighted by molar-refractivity contribution is 7.22. The van der Waals surface area contributed by atoms with Crippen molar-refractivity contribution in [3.8, 4) is 0 Å². The molecule has 2 aromatic rings. The Labute approximate surface area is 103 Å². The lowest BCUT2D eigenvalue weighted by Crippen LogP contribution is -2.24. The number of nitrogens with zero attached hydrogens (tertiary/aromatic N) is 1. The number of carbonyl (C=O) groups is 1. The largest absolute Gasteiger partial charge is 0.456 e. The van der Waals surface area contributed by atoms with Gasteiger partial charge in [-0.15, -0.1) is 0 Å². The summed E-state index contributed by atoms with van der Waals surface area (Å²) in [6.07, 6.45) is 0. The molecule has 0 unspecified atom stereocenters. The Morgan fingerprint density at radius 1 is 1.41 bits per heavy atom. The van der Waals surface area contributed by atoms with Crippen molar-refractivity contribution in [2.45, 2.75) is 26.4 Å². The van der Waals surface area contributed by atoms with E-state index >= 15 is 0 Å². The second kappa shape index (κ2) is 4.00. The molecular weight excluding hydrogens is 236 g/mol.